The van der Waals surface area contributed by atoms with Crippen LogP contribution in [0.2, 0.25) is 0 Å². The third-order valence-corrected chi connectivity index (χ3v) is 6.02. The standard InChI is InChI=1S/C26H40N6O9/c1-27-19-16-20(31(2)18-19)26(38)29-8-3-11-41-25(37)17-30-22(34)7-12-39-14-15-40-13-9-28-21(33)6-10-32-23(35)4-5-24(32)36/h4-5,16,19,27H,3,6-15,17-18H2,1-2H3,(H,28,33)(H,29,38)(H,30,34). The monoisotopic (exact) mass is 580 g/mol. The van der Waals surface area contributed by atoms with Gasteiger partial charge in [-0.05, 0) is 19.5 Å². The van der Waals surface area contributed by atoms with Crippen LogP contribution in [0.4, 0.5) is 0 Å². The molecule has 0 aromatic heterocycles. The summed E-state index contributed by atoms with van der Waals surface area (Å²) in [4.78, 5) is 73.3. The van der Waals surface area contributed by atoms with Gasteiger partial charge in [0.25, 0.3) is 17.7 Å². The zero-order valence-electron chi connectivity index (χ0n) is 23.6. The number of carbonyl (C=O) groups is 6. The average Bonchev–Trinajstić information content (AvgIpc) is 3.49. The Morgan fingerprint density at radius 1 is 0.878 bits per heavy atom. The van der Waals surface area contributed by atoms with Crippen LogP contribution in [0.15, 0.2) is 23.9 Å². The lowest BCUT2D eigenvalue weighted by Gasteiger charge is -2.16. The van der Waals surface area contributed by atoms with E-state index in [2.05, 4.69) is 21.3 Å². The average molecular weight is 581 g/mol. The predicted molar refractivity (Wildman–Crippen MR) is 145 cm³/mol. The van der Waals surface area contributed by atoms with Crippen LogP contribution in [0.1, 0.15) is 19.3 Å². The summed E-state index contributed by atoms with van der Waals surface area (Å²) < 4.78 is 15.7. The quantitative estimate of drug-likeness (QED) is 0.0674. The lowest BCUT2D eigenvalue weighted by molar-refractivity contribution is -0.144. The van der Waals surface area contributed by atoms with Gasteiger partial charge in [-0.25, -0.2) is 0 Å². The molecule has 4 N–H and O–H groups in total. The molecular weight excluding hydrogens is 540 g/mol. The number of hydrogen-bond donors (Lipinski definition) is 4. The maximum Gasteiger partial charge on any atom is 0.325 e. The van der Waals surface area contributed by atoms with Gasteiger partial charge in [0.15, 0.2) is 0 Å². The summed E-state index contributed by atoms with van der Waals surface area (Å²) in [5.74, 6) is -2.26. The maximum atomic E-state index is 12.2. The highest BCUT2D eigenvalue weighted by Crippen LogP contribution is 2.12. The molecule has 1 unspecified atom stereocenters. The molecule has 0 bridgehead atoms. The molecule has 15 heteroatoms. The number of imide groups is 1. The van der Waals surface area contributed by atoms with Crippen molar-refractivity contribution in [2.45, 2.75) is 25.3 Å². The molecule has 2 aliphatic heterocycles. The number of amides is 5. The summed E-state index contributed by atoms with van der Waals surface area (Å²) in [5, 5.41) is 11.0. The first-order valence-corrected chi connectivity index (χ1v) is 13.5. The Hall–Kier alpha value is -3.82. The molecule has 0 aromatic rings. The highest BCUT2D eigenvalue weighted by molar-refractivity contribution is 6.13. The van der Waals surface area contributed by atoms with Gasteiger partial charge in [-0.2, -0.15) is 0 Å². The molecule has 2 aliphatic rings. The predicted octanol–water partition coefficient (Wildman–Crippen LogP) is -2.58. The molecule has 0 spiro atoms. The minimum absolute atomic E-state index is 0.0104. The van der Waals surface area contributed by atoms with Crippen molar-refractivity contribution in [1.82, 2.24) is 31.1 Å². The van der Waals surface area contributed by atoms with Crippen molar-refractivity contribution in [3.8, 4) is 0 Å². The van der Waals surface area contributed by atoms with Crippen molar-refractivity contribution in [2.24, 2.45) is 0 Å². The van der Waals surface area contributed by atoms with Crippen LogP contribution in [0.25, 0.3) is 0 Å². The van der Waals surface area contributed by atoms with E-state index >= 15 is 0 Å². The molecule has 228 valence electrons. The zero-order chi connectivity index (χ0) is 30.0. The molecule has 0 saturated heterocycles. The molecule has 2 rings (SSSR count). The highest BCUT2D eigenvalue weighted by Gasteiger charge is 2.24. The van der Waals surface area contributed by atoms with E-state index in [1.165, 1.54) is 12.2 Å². The Morgan fingerprint density at radius 2 is 1.56 bits per heavy atom. The first-order valence-electron chi connectivity index (χ1n) is 13.5. The van der Waals surface area contributed by atoms with E-state index in [0.717, 1.165) is 11.4 Å². The summed E-state index contributed by atoms with van der Waals surface area (Å²) in [6.45, 7) is 2.13. The van der Waals surface area contributed by atoms with Crippen LogP contribution >= 0.6 is 0 Å². The van der Waals surface area contributed by atoms with Crippen molar-refractivity contribution in [1.29, 1.82) is 0 Å². The normalized spacial score (nSPS) is 16.1. The van der Waals surface area contributed by atoms with Gasteiger partial charge in [0.05, 0.1) is 38.7 Å². The maximum absolute atomic E-state index is 12.2. The van der Waals surface area contributed by atoms with Crippen molar-refractivity contribution in [3.63, 3.8) is 0 Å². The van der Waals surface area contributed by atoms with Gasteiger partial charge in [-0.15, -0.1) is 0 Å². The summed E-state index contributed by atoms with van der Waals surface area (Å²) in [6.07, 6.45) is 4.73. The minimum Gasteiger partial charge on any atom is -0.464 e. The lowest BCUT2D eigenvalue weighted by Crippen LogP contribution is -2.35. The van der Waals surface area contributed by atoms with Gasteiger partial charge in [0, 0.05) is 64.3 Å². The Bertz CT molecular complexity index is 982. The van der Waals surface area contributed by atoms with Crippen LogP contribution in [-0.2, 0) is 43.0 Å². The number of hydrogen-bond acceptors (Lipinski definition) is 11. The third-order valence-electron chi connectivity index (χ3n) is 6.02. The molecule has 0 aliphatic carbocycles. The van der Waals surface area contributed by atoms with E-state index < -0.39 is 17.8 Å². The number of carbonyl (C=O) groups excluding carboxylic acids is 6. The van der Waals surface area contributed by atoms with Crippen LogP contribution in [0.3, 0.4) is 0 Å². The number of nitrogens with zero attached hydrogens (tertiary/aromatic N) is 2. The number of nitrogens with one attached hydrogen (secondary N) is 4. The summed E-state index contributed by atoms with van der Waals surface area (Å²) in [6, 6.07) is 0.135. The van der Waals surface area contributed by atoms with E-state index in [1.54, 1.807) is 0 Å². The van der Waals surface area contributed by atoms with Crippen LogP contribution < -0.4 is 21.3 Å². The molecule has 1 atom stereocenters. The highest BCUT2D eigenvalue weighted by atomic mass is 16.5. The Morgan fingerprint density at radius 3 is 2.24 bits per heavy atom. The zero-order valence-corrected chi connectivity index (χ0v) is 23.6. The molecule has 41 heavy (non-hydrogen) atoms. The number of rotatable bonds is 20. The fourth-order valence-electron chi connectivity index (χ4n) is 3.75. The summed E-state index contributed by atoms with van der Waals surface area (Å²) in [7, 11) is 3.68. The van der Waals surface area contributed by atoms with Gasteiger partial charge in [-0.3, -0.25) is 33.7 Å². The van der Waals surface area contributed by atoms with E-state index in [4.69, 9.17) is 14.2 Å². The second-order valence-corrected chi connectivity index (χ2v) is 9.17. The topological polar surface area (TPSA) is 185 Å². The Labute approximate surface area is 239 Å². The Balaban J connectivity index is 1.36. The first kappa shape index (κ1) is 33.4. The van der Waals surface area contributed by atoms with Crippen molar-refractivity contribution < 1.29 is 43.0 Å². The van der Waals surface area contributed by atoms with E-state index in [-0.39, 0.29) is 89.3 Å². The molecule has 0 radical (unpaired) electrons. The van der Waals surface area contributed by atoms with E-state index in [9.17, 15) is 28.8 Å². The molecule has 15 nitrogen and oxygen atoms in total. The van der Waals surface area contributed by atoms with Crippen LogP contribution in [0, 0.1) is 0 Å². The molecule has 2 heterocycles. The van der Waals surface area contributed by atoms with Gasteiger partial charge in [-0.1, -0.05) is 0 Å². The molecular formula is C26H40N6O9. The molecule has 0 fully saturated rings. The number of likely N-dealkylation sites (N-methyl/N-ethyl adjacent to an activating group) is 2. The Kier molecular flexibility index (Phi) is 15.1. The van der Waals surface area contributed by atoms with E-state index in [0.29, 0.717) is 18.7 Å². The van der Waals surface area contributed by atoms with Gasteiger partial charge in [0.2, 0.25) is 11.8 Å². The van der Waals surface area contributed by atoms with Gasteiger partial charge in [0.1, 0.15) is 6.54 Å². The first-order chi connectivity index (χ1) is 19.7. The van der Waals surface area contributed by atoms with Crippen LogP contribution in [0.5, 0.6) is 0 Å². The number of ether oxygens (including phenoxy) is 3. The molecule has 5 amide bonds. The smallest absolute Gasteiger partial charge is 0.325 e. The molecule has 0 saturated carbocycles. The third kappa shape index (κ3) is 12.9. The van der Waals surface area contributed by atoms with Crippen molar-refractivity contribution in [3.05, 3.63) is 23.9 Å². The number of esters is 1. The SMILES string of the molecule is CNC1C=C(C(=O)NCCCOC(=O)CNC(=O)CCOCCOCCNC(=O)CCN2C(=O)C=CC2=O)N(C)C1. The van der Waals surface area contributed by atoms with Crippen molar-refractivity contribution in [2.75, 3.05) is 79.9 Å². The lowest BCUT2D eigenvalue weighted by atomic mass is 10.3. The summed E-state index contributed by atoms with van der Waals surface area (Å²) in [5.41, 5.74) is 0.602. The second-order valence-electron chi connectivity index (χ2n) is 9.17. The van der Waals surface area contributed by atoms with Gasteiger partial charge >= 0.3 is 5.97 Å². The fraction of sp³-hybridized carbons (Fsp3) is 0.615. The largest absolute Gasteiger partial charge is 0.464 e. The summed E-state index contributed by atoms with van der Waals surface area (Å²) >= 11 is 0. The van der Waals surface area contributed by atoms with Gasteiger partial charge < -0.3 is 40.4 Å². The van der Waals surface area contributed by atoms with Crippen LogP contribution in [-0.4, -0.2) is 131 Å². The fourth-order valence-corrected chi connectivity index (χ4v) is 3.75. The second kappa shape index (κ2) is 18.5. The molecule has 0 aromatic carbocycles. The minimum atomic E-state index is -0.573. The van der Waals surface area contributed by atoms with Crippen molar-refractivity contribution >= 4 is 35.5 Å². The van der Waals surface area contributed by atoms with E-state index in [1.807, 2.05) is 25.1 Å².